The number of amides is 1. The topological polar surface area (TPSA) is 50.3 Å². The summed E-state index contributed by atoms with van der Waals surface area (Å²) < 4.78 is 13.1. The van der Waals surface area contributed by atoms with Crippen LogP contribution in [-0.2, 0) is 11.2 Å². The minimum Gasteiger partial charge on any atom is -0.342 e. The first-order chi connectivity index (χ1) is 12.0. The molecule has 1 fully saturated rings. The molecular formula is C19H18ClFN2O2. The molecule has 25 heavy (non-hydrogen) atoms. The second kappa shape index (κ2) is 7.74. The second-order valence-electron chi connectivity index (χ2n) is 6.17. The Labute approximate surface area is 150 Å². The van der Waals surface area contributed by atoms with Crippen LogP contribution in [0.2, 0.25) is 5.02 Å². The van der Waals surface area contributed by atoms with Gasteiger partial charge in [0.1, 0.15) is 5.82 Å². The van der Waals surface area contributed by atoms with Crippen molar-refractivity contribution in [2.75, 3.05) is 13.1 Å². The minimum absolute atomic E-state index is 0.0548. The van der Waals surface area contributed by atoms with Crippen LogP contribution in [0.5, 0.6) is 0 Å². The summed E-state index contributed by atoms with van der Waals surface area (Å²) in [6.07, 6.45) is 4.63. The van der Waals surface area contributed by atoms with Gasteiger partial charge in [-0.1, -0.05) is 17.7 Å². The highest BCUT2D eigenvalue weighted by molar-refractivity contribution is 6.31. The third-order valence-electron chi connectivity index (χ3n) is 4.52. The number of halogens is 2. The Morgan fingerprint density at radius 2 is 2.00 bits per heavy atom. The number of carbonyl (C=O) groups is 2. The number of likely N-dealkylation sites (tertiary alicyclic amines) is 1. The van der Waals surface area contributed by atoms with Gasteiger partial charge in [-0.15, -0.1) is 0 Å². The van der Waals surface area contributed by atoms with Gasteiger partial charge in [-0.05, 0) is 42.7 Å². The zero-order valence-corrected chi connectivity index (χ0v) is 14.4. The minimum atomic E-state index is -0.420. The highest BCUT2D eigenvalue weighted by Gasteiger charge is 2.28. The normalized spacial score (nSPS) is 15.2. The predicted molar refractivity (Wildman–Crippen MR) is 93.0 cm³/mol. The summed E-state index contributed by atoms with van der Waals surface area (Å²) in [6, 6.07) is 7.56. The Morgan fingerprint density at radius 3 is 2.64 bits per heavy atom. The van der Waals surface area contributed by atoms with Crippen LogP contribution in [0.4, 0.5) is 4.39 Å². The van der Waals surface area contributed by atoms with Gasteiger partial charge in [-0.25, -0.2) is 4.39 Å². The molecule has 1 saturated heterocycles. The summed E-state index contributed by atoms with van der Waals surface area (Å²) in [5.74, 6) is -0.471. The van der Waals surface area contributed by atoms with Crippen LogP contribution in [0.15, 0.2) is 42.7 Å². The van der Waals surface area contributed by atoms with E-state index >= 15 is 0 Å². The zero-order valence-electron chi connectivity index (χ0n) is 13.6. The zero-order chi connectivity index (χ0) is 17.8. The standard InChI is InChI=1S/C19H18ClFN2O2/c20-17-11-16(21)4-3-14(17)10-18(24)23-8-5-13(6-9-23)19(25)15-2-1-7-22-12-15/h1-4,7,11-13H,5-6,8-10H2. The first-order valence-electron chi connectivity index (χ1n) is 8.20. The summed E-state index contributed by atoms with van der Waals surface area (Å²) in [6.45, 7) is 1.07. The van der Waals surface area contributed by atoms with Crippen molar-refractivity contribution in [3.63, 3.8) is 0 Å². The number of rotatable bonds is 4. The van der Waals surface area contributed by atoms with Crippen molar-refractivity contribution in [1.82, 2.24) is 9.88 Å². The molecule has 1 aromatic carbocycles. The average Bonchev–Trinajstić information content (AvgIpc) is 2.64. The molecule has 0 atom stereocenters. The molecule has 3 rings (SSSR count). The number of Topliss-reactive ketones (excluding diaryl/α,β-unsaturated/α-hetero) is 1. The van der Waals surface area contributed by atoms with E-state index in [9.17, 15) is 14.0 Å². The van der Waals surface area contributed by atoms with Crippen LogP contribution in [0, 0.1) is 11.7 Å². The van der Waals surface area contributed by atoms with Gasteiger partial charge in [0, 0.05) is 42.0 Å². The highest BCUT2D eigenvalue weighted by atomic mass is 35.5. The van der Waals surface area contributed by atoms with E-state index in [0.29, 0.717) is 37.1 Å². The third kappa shape index (κ3) is 4.23. The monoisotopic (exact) mass is 360 g/mol. The van der Waals surface area contributed by atoms with Crippen molar-refractivity contribution >= 4 is 23.3 Å². The SMILES string of the molecule is O=C(c1cccnc1)C1CCN(C(=O)Cc2ccc(F)cc2Cl)CC1. The van der Waals surface area contributed by atoms with E-state index in [2.05, 4.69) is 4.98 Å². The van der Waals surface area contributed by atoms with E-state index in [-0.39, 0.29) is 29.1 Å². The average molecular weight is 361 g/mol. The summed E-state index contributed by atoms with van der Waals surface area (Å²) >= 11 is 5.98. The Bertz CT molecular complexity index is 774. The molecule has 130 valence electrons. The maximum atomic E-state index is 13.1. The number of nitrogens with zero attached hydrogens (tertiary/aromatic N) is 2. The van der Waals surface area contributed by atoms with Gasteiger partial charge in [-0.3, -0.25) is 14.6 Å². The lowest BCUT2D eigenvalue weighted by Gasteiger charge is -2.31. The van der Waals surface area contributed by atoms with Crippen molar-refractivity contribution < 1.29 is 14.0 Å². The van der Waals surface area contributed by atoms with E-state index in [1.54, 1.807) is 29.4 Å². The Morgan fingerprint density at radius 1 is 1.24 bits per heavy atom. The van der Waals surface area contributed by atoms with Crippen LogP contribution < -0.4 is 0 Å². The largest absolute Gasteiger partial charge is 0.342 e. The van der Waals surface area contributed by atoms with Crippen LogP contribution >= 0.6 is 11.6 Å². The van der Waals surface area contributed by atoms with E-state index in [1.165, 1.54) is 18.2 Å². The van der Waals surface area contributed by atoms with Crippen molar-refractivity contribution in [2.24, 2.45) is 5.92 Å². The van der Waals surface area contributed by atoms with E-state index in [4.69, 9.17) is 11.6 Å². The molecule has 0 N–H and O–H groups in total. The van der Waals surface area contributed by atoms with E-state index in [0.717, 1.165) is 0 Å². The quantitative estimate of drug-likeness (QED) is 0.784. The number of aromatic nitrogens is 1. The molecule has 6 heteroatoms. The molecule has 0 spiro atoms. The molecule has 1 aliphatic rings. The molecule has 0 radical (unpaired) electrons. The summed E-state index contributed by atoms with van der Waals surface area (Å²) in [4.78, 5) is 30.6. The van der Waals surface area contributed by atoms with Gasteiger partial charge in [-0.2, -0.15) is 0 Å². The van der Waals surface area contributed by atoms with Gasteiger partial charge in [0.15, 0.2) is 5.78 Å². The van der Waals surface area contributed by atoms with Crippen molar-refractivity contribution in [3.8, 4) is 0 Å². The van der Waals surface area contributed by atoms with Gasteiger partial charge in [0.25, 0.3) is 0 Å². The van der Waals surface area contributed by atoms with Crippen LogP contribution in [0.1, 0.15) is 28.8 Å². The number of hydrogen-bond acceptors (Lipinski definition) is 3. The summed E-state index contributed by atoms with van der Waals surface area (Å²) in [7, 11) is 0. The molecule has 1 amide bonds. The predicted octanol–water partition coefficient (Wildman–Crippen LogP) is 3.54. The second-order valence-corrected chi connectivity index (χ2v) is 6.58. The van der Waals surface area contributed by atoms with Crippen LogP contribution in [-0.4, -0.2) is 34.7 Å². The molecule has 2 aromatic rings. The molecule has 0 aliphatic carbocycles. The molecule has 4 nitrogen and oxygen atoms in total. The number of hydrogen-bond donors (Lipinski definition) is 0. The lowest BCUT2D eigenvalue weighted by atomic mass is 9.89. The highest BCUT2D eigenvalue weighted by Crippen LogP contribution is 2.23. The number of carbonyl (C=O) groups excluding carboxylic acids is 2. The van der Waals surface area contributed by atoms with E-state index < -0.39 is 5.82 Å². The van der Waals surface area contributed by atoms with Gasteiger partial charge in [0.2, 0.25) is 5.91 Å². The molecule has 0 bridgehead atoms. The van der Waals surface area contributed by atoms with Crippen molar-refractivity contribution in [3.05, 3.63) is 64.7 Å². The lowest BCUT2D eigenvalue weighted by Crippen LogP contribution is -2.41. The Balaban J connectivity index is 1.56. The van der Waals surface area contributed by atoms with Crippen LogP contribution in [0.3, 0.4) is 0 Å². The Kier molecular flexibility index (Phi) is 5.43. The summed E-state index contributed by atoms with van der Waals surface area (Å²) in [5, 5.41) is 0.259. The summed E-state index contributed by atoms with van der Waals surface area (Å²) in [5.41, 5.74) is 1.23. The maximum absolute atomic E-state index is 13.1. The maximum Gasteiger partial charge on any atom is 0.227 e. The lowest BCUT2D eigenvalue weighted by molar-refractivity contribution is -0.131. The van der Waals surface area contributed by atoms with Gasteiger partial charge < -0.3 is 4.90 Å². The van der Waals surface area contributed by atoms with Gasteiger partial charge >= 0.3 is 0 Å². The molecule has 1 aromatic heterocycles. The number of ketones is 1. The fourth-order valence-electron chi connectivity index (χ4n) is 3.08. The first-order valence-corrected chi connectivity index (χ1v) is 8.58. The molecular weight excluding hydrogens is 343 g/mol. The number of pyridine rings is 1. The third-order valence-corrected chi connectivity index (χ3v) is 4.87. The van der Waals surface area contributed by atoms with Gasteiger partial charge in [0.05, 0.1) is 6.42 Å². The molecule has 2 heterocycles. The smallest absolute Gasteiger partial charge is 0.227 e. The van der Waals surface area contributed by atoms with E-state index in [1.807, 2.05) is 0 Å². The molecule has 0 saturated carbocycles. The van der Waals surface area contributed by atoms with Crippen LogP contribution in [0.25, 0.3) is 0 Å². The fraction of sp³-hybridized carbons (Fsp3) is 0.316. The number of benzene rings is 1. The van der Waals surface area contributed by atoms with Crippen molar-refractivity contribution in [2.45, 2.75) is 19.3 Å². The molecule has 0 unspecified atom stereocenters. The fourth-order valence-corrected chi connectivity index (χ4v) is 3.31. The Hall–Kier alpha value is -2.27. The number of piperidine rings is 1. The van der Waals surface area contributed by atoms with Crippen molar-refractivity contribution in [1.29, 1.82) is 0 Å². The molecule has 1 aliphatic heterocycles. The first kappa shape index (κ1) is 17.5.